The van der Waals surface area contributed by atoms with Crippen molar-refractivity contribution >= 4 is 5.91 Å². The molecule has 0 fully saturated rings. The quantitative estimate of drug-likeness (QED) is 0.569. The first-order valence-corrected chi connectivity index (χ1v) is 6.32. The van der Waals surface area contributed by atoms with Crippen LogP contribution in [0.25, 0.3) is 0 Å². The molecule has 0 unspecified atom stereocenters. The fraction of sp³-hybridized carbons (Fsp3) is 0.500. The fourth-order valence-electron chi connectivity index (χ4n) is 1.87. The van der Waals surface area contributed by atoms with Gasteiger partial charge < -0.3 is 26.0 Å². The lowest BCUT2D eigenvalue weighted by molar-refractivity contribution is -0.124. The molecule has 5 N–H and O–H groups in total. The van der Waals surface area contributed by atoms with Gasteiger partial charge in [-0.2, -0.15) is 0 Å². The fourth-order valence-corrected chi connectivity index (χ4v) is 1.87. The number of phenolic OH excluding ortho intramolecular Hbond substituents is 2. The maximum atomic E-state index is 12.0. The Morgan fingerprint density at radius 3 is 2.60 bits per heavy atom. The Morgan fingerprint density at radius 2 is 2.05 bits per heavy atom. The Hall–Kier alpha value is -1.79. The van der Waals surface area contributed by atoms with Gasteiger partial charge in [0.15, 0.2) is 11.5 Å². The lowest BCUT2D eigenvalue weighted by Crippen LogP contribution is -2.53. The monoisotopic (exact) mass is 282 g/mol. The summed E-state index contributed by atoms with van der Waals surface area (Å²) in [6.45, 7) is 4.06. The van der Waals surface area contributed by atoms with E-state index in [-0.39, 0.29) is 23.8 Å². The number of hydrogen-bond acceptors (Lipinski definition) is 5. The smallest absolute Gasteiger partial charge is 0.237 e. The molecule has 112 valence electrons. The van der Waals surface area contributed by atoms with Gasteiger partial charge in [0.25, 0.3) is 0 Å². The van der Waals surface area contributed by atoms with Crippen LogP contribution in [0.2, 0.25) is 0 Å². The van der Waals surface area contributed by atoms with Crippen LogP contribution in [0.1, 0.15) is 19.4 Å². The van der Waals surface area contributed by atoms with E-state index in [0.717, 1.165) is 0 Å². The predicted octanol–water partition coefficient (Wildman–Crippen LogP) is 0.509. The average Bonchev–Trinajstić information content (AvgIpc) is 2.33. The van der Waals surface area contributed by atoms with Gasteiger partial charge >= 0.3 is 0 Å². The molecule has 0 saturated carbocycles. The van der Waals surface area contributed by atoms with E-state index in [4.69, 9.17) is 10.5 Å². The highest BCUT2D eigenvalue weighted by atomic mass is 16.5. The molecule has 20 heavy (non-hydrogen) atoms. The number of carbonyl (C=O) groups is 1. The molecular formula is C14H22N2O4. The van der Waals surface area contributed by atoms with Crippen molar-refractivity contribution in [1.82, 2.24) is 5.32 Å². The van der Waals surface area contributed by atoms with E-state index >= 15 is 0 Å². The van der Waals surface area contributed by atoms with Crippen LogP contribution in [0.4, 0.5) is 0 Å². The maximum absolute atomic E-state index is 12.0. The molecular weight excluding hydrogens is 260 g/mol. The number of phenols is 2. The minimum Gasteiger partial charge on any atom is -0.504 e. The van der Waals surface area contributed by atoms with E-state index in [2.05, 4.69) is 5.32 Å². The van der Waals surface area contributed by atoms with E-state index in [0.29, 0.717) is 12.2 Å². The number of hydrogen-bond donors (Lipinski definition) is 4. The average molecular weight is 282 g/mol. The molecule has 0 aliphatic heterocycles. The number of ether oxygens (including phenoxy) is 1. The van der Waals surface area contributed by atoms with Gasteiger partial charge in [-0.1, -0.05) is 6.07 Å². The summed E-state index contributed by atoms with van der Waals surface area (Å²) in [5.74, 6) is -0.720. The van der Waals surface area contributed by atoms with E-state index in [1.165, 1.54) is 12.1 Å². The number of methoxy groups -OCH3 is 1. The molecule has 0 bridgehead atoms. The van der Waals surface area contributed by atoms with Crippen molar-refractivity contribution in [3.8, 4) is 11.5 Å². The van der Waals surface area contributed by atoms with E-state index in [1.807, 2.05) is 13.8 Å². The van der Waals surface area contributed by atoms with Crippen LogP contribution >= 0.6 is 0 Å². The first-order valence-electron chi connectivity index (χ1n) is 6.32. The Bertz CT molecular complexity index is 474. The van der Waals surface area contributed by atoms with Crippen molar-refractivity contribution in [2.45, 2.75) is 31.8 Å². The van der Waals surface area contributed by atoms with Crippen LogP contribution in [-0.4, -0.2) is 41.4 Å². The molecule has 1 rings (SSSR count). The molecule has 0 heterocycles. The first kappa shape index (κ1) is 16.3. The minimum atomic E-state index is -0.741. The Labute approximate surface area is 118 Å². The summed E-state index contributed by atoms with van der Waals surface area (Å²) in [6, 6.07) is 3.63. The van der Waals surface area contributed by atoms with Gasteiger partial charge in [0.1, 0.15) is 0 Å². The van der Waals surface area contributed by atoms with Crippen LogP contribution in [0.15, 0.2) is 18.2 Å². The highest BCUT2D eigenvalue weighted by Crippen LogP contribution is 2.25. The zero-order valence-electron chi connectivity index (χ0n) is 12.0. The van der Waals surface area contributed by atoms with Gasteiger partial charge in [-0.25, -0.2) is 0 Å². The molecule has 6 nitrogen and oxygen atoms in total. The zero-order valence-corrected chi connectivity index (χ0v) is 12.0. The summed E-state index contributed by atoms with van der Waals surface area (Å²) in [7, 11) is 1.56. The standard InChI is InChI=1S/C14H22N2O4/c1-14(2,8-20-3)16-13(19)10(15)6-9-4-5-11(17)12(18)7-9/h4-5,7,10,17-18H,6,8,15H2,1-3H3,(H,16,19)/t10-/m0/s1. The number of benzene rings is 1. The lowest BCUT2D eigenvalue weighted by Gasteiger charge is -2.27. The van der Waals surface area contributed by atoms with Gasteiger partial charge in [-0.05, 0) is 38.0 Å². The molecule has 0 aliphatic carbocycles. The number of amides is 1. The molecule has 0 spiro atoms. The maximum Gasteiger partial charge on any atom is 0.237 e. The van der Waals surface area contributed by atoms with E-state index in [1.54, 1.807) is 13.2 Å². The minimum absolute atomic E-state index is 0.201. The van der Waals surface area contributed by atoms with Crippen molar-refractivity contribution in [2.75, 3.05) is 13.7 Å². The van der Waals surface area contributed by atoms with Crippen LogP contribution < -0.4 is 11.1 Å². The third kappa shape index (κ3) is 4.71. The van der Waals surface area contributed by atoms with Crippen molar-refractivity contribution < 1.29 is 19.7 Å². The number of carbonyl (C=O) groups excluding carboxylic acids is 1. The summed E-state index contributed by atoms with van der Waals surface area (Å²) in [5, 5.41) is 21.4. The van der Waals surface area contributed by atoms with Crippen LogP contribution in [0, 0.1) is 0 Å². The predicted molar refractivity (Wildman–Crippen MR) is 75.5 cm³/mol. The largest absolute Gasteiger partial charge is 0.504 e. The number of nitrogens with two attached hydrogens (primary N) is 1. The SMILES string of the molecule is COCC(C)(C)NC(=O)[C@@H](N)Cc1ccc(O)c(O)c1. The molecule has 1 aromatic carbocycles. The van der Waals surface area contributed by atoms with Gasteiger partial charge in [-0.3, -0.25) is 4.79 Å². The highest BCUT2D eigenvalue weighted by molar-refractivity contribution is 5.82. The summed E-state index contributed by atoms with van der Waals surface area (Å²) in [4.78, 5) is 12.0. The van der Waals surface area contributed by atoms with E-state index in [9.17, 15) is 15.0 Å². The number of aromatic hydroxyl groups is 2. The second-order valence-corrected chi connectivity index (χ2v) is 5.44. The van der Waals surface area contributed by atoms with E-state index < -0.39 is 11.6 Å². The Kier molecular flexibility index (Phi) is 5.35. The van der Waals surface area contributed by atoms with Crippen LogP contribution in [-0.2, 0) is 16.0 Å². The summed E-state index contributed by atoms with van der Waals surface area (Å²) in [5.41, 5.74) is 6.02. The van der Waals surface area contributed by atoms with Crippen LogP contribution in [0.3, 0.4) is 0 Å². The number of nitrogens with one attached hydrogen (secondary N) is 1. The normalized spacial score (nSPS) is 13.0. The second kappa shape index (κ2) is 6.58. The van der Waals surface area contributed by atoms with Gasteiger partial charge in [0.05, 0.1) is 18.2 Å². The Morgan fingerprint density at radius 1 is 1.40 bits per heavy atom. The third-order valence-electron chi connectivity index (χ3n) is 2.80. The van der Waals surface area contributed by atoms with Gasteiger partial charge in [-0.15, -0.1) is 0 Å². The van der Waals surface area contributed by atoms with Crippen LogP contribution in [0.5, 0.6) is 11.5 Å². The Balaban J connectivity index is 2.63. The molecule has 0 saturated heterocycles. The molecule has 1 amide bonds. The molecule has 0 aromatic heterocycles. The molecule has 1 aromatic rings. The van der Waals surface area contributed by atoms with Crippen molar-refractivity contribution in [1.29, 1.82) is 0 Å². The van der Waals surface area contributed by atoms with Gasteiger partial charge in [0, 0.05) is 7.11 Å². The summed E-state index contributed by atoms with van der Waals surface area (Å²) < 4.78 is 5.02. The van der Waals surface area contributed by atoms with Crippen molar-refractivity contribution in [3.05, 3.63) is 23.8 Å². The lowest BCUT2D eigenvalue weighted by atomic mass is 10.0. The zero-order chi connectivity index (χ0) is 15.3. The molecule has 6 heteroatoms. The third-order valence-corrected chi connectivity index (χ3v) is 2.80. The van der Waals surface area contributed by atoms with Crippen molar-refractivity contribution in [3.63, 3.8) is 0 Å². The first-order chi connectivity index (χ1) is 9.25. The summed E-state index contributed by atoms with van der Waals surface area (Å²) >= 11 is 0. The highest BCUT2D eigenvalue weighted by Gasteiger charge is 2.24. The second-order valence-electron chi connectivity index (χ2n) is 5.44. The topological polar surface area (TPSA) is 105 Å². The van der Waals surface area contributed by atoms with Crippen molar-refractivity contribution in [2.24, 2.45) is 5.73 Å². The molecule has 0 aliphatic rings. The number of rotatable bonds is 6. The molecule has 0 radical (unpaired) electrons. The van der Waals surface area contributed by atoms with Gasteiger partial charge in [0.2, 0.25) is 5.91 Å². The summed E-state index contributed by atoms with van der Waals surface area (Å²) in [6.07, 6.45) is 0.267. The molecule has 1 atom stereocenters.